The zero-order valence-corrected chi connectivity index (χ0v) is 15.7. The van der Waals surface area contributed by atoms with Crippen molar-refractivity contribution in [3.8, 4) is 0 Å². The summed E-state index contributed by atoms with van der Waals surface area (Å²) in [5, 5.41) is 7.70. The predicted molar refractivity (Wildman–Crippen MR) is 96.0 cm³/mol. The van der Waals surface area contributed by atoms with Crippen molar-refractivity contribution in [1.29, 1.82) is 0 Å². The second-order valence-electron chi connectivity index (χ2n) is 5.47. The molecule has 0 aliphatic carbocycles. The van der Waals surface area contributed by atoms with Gasteiger partial charge in [-0.05, 0) is 32.0 Å². The van der Waals surface area contributed by atoms with E-state index >= 15 is 0 Å². The Morgan fingerprint density at radius 1 is 1.04 bits per heavy atom. The Bertz CT molecular complexity index is 694. The third-order valence-electron chi connectivity index (χ3n) is 2.83. The Hall–Kier alpha value is -2.32. The first-order valence-electron chi connectivity index (χ1n) is 7.64. The predicted octanol–water partition coefficient (Wildman–Crippen LogP) is 0.907. The summed E-state index contributed by atoms with van der Waals surface area (Å²) in [7, 11) is 0. The highest BCUT2D eigenvalue weighted by Crippen LogP contribution is 2.20. The molecule has 0 aliphatic heterocycles. The number of amides is 3. The number of ether oxygens (including phenoxy) is 1. The van der Waals surface area contributed by atoms with Crippen molar-refractivity contribution in [3.05, 3.63) is 33.8 Å². The van der Waals surface area contributed by atoms with Gasteiger partial charge in [-0.2, -0.15) is 0 Å². The molecular weight excluding hydrogens is 385 g/mol. The maximum absolute atomic E-state index is 11.9. The summed E-state index contributed by atoms with van der Waals surface area (Å²) >= 11 is 11.6. The lowest BCUT2D eigenvalue weighted by Crippen LogP contribution is -2.40. The Labute approximate surface area is 160 Å². The fourth-order valence-electron chi connectivity index (χ4n) is 1.72. The van der Waals surface area contributed by atoms with Crippen LogP contribution < -0.4 is 16.0 Å². The molecule has 0 radical (unpaired) electrons. The monoisotopic (exact) mass is 403 g/mol. The highest BCUT2D eigenvalue weighted by atomic mass is 35.5. The second-order valence-corrected chi connectivity index (χ2v) is 6.31. The van der Waals surface area contributed by atoms with Gasteiger partial charge in [0.05, 0.1) is 17.1 Å². The average molecular weight is 404 g/mol. The zero-order valence-electron chi connectivity index (χ0n) is 14.2. The molecule has 0 spiro atoms. The minimum atomic E-state index is -0.774. The van der Waals surface area contributed by atoms with Crippen molar-refractivity contribution >= 4 is 46.9 Å². The summed E-state index contributed by atoms with van der Waals surface area (Å²) in [6, 6.07) is 4.26. The largest absolute Gasteiger partial charge is 0.454 e. The van der Waals surface area contributed by atoms with Crippen LogP contribution in [0.5, 0.6) is 0 Å². The van der Waals surface area contributed by atoms with Crippen molar-refractivity contribution in [2.75, 3.05) is 19.7 Å². The number of hydrogen-bond donors (Lipinski definition) is 3. The molecule has 0 saturated heterocycles. The number of hydrogen-bond acceptors (Lipinski definition) is 5. The van der Waals surface area contributed by atoms with Gasteiger partial charge in [0.1, 0.15) is 6.54 Å². The summed E-state index contributed by atoms with van der Waals surface area (Å²) in [6.45, 7) is 2.32. The van der Waals surface area contributed by atoms with E-state index in [1.54, 1.807) is 13.8 Å². The molecule has 0 bridgehead atoms. The molecule has 26 heavy (non-hydrogen) atoms. The first-order chi connectivity index (χ1) is 12.2. The molecule has 8 nitrogen and oxygen atoms in total. The molecule has 1 rings (SSSR count). The van der Waals surface area contributed by atoms with Crippen molar-refractivity contribution in [1.82, 2.24) is 16.0 Å². The van der Waals surface area contributed by atoms with Gasteiger partial charge in [-0.15, -0.1) is 0 Å². The molecule has 3 N–H and O–H groups in total. The molecule has 0 aromatic heterocycles. The Morgan fingerprint density at radius 2 is 1.73 bits per heavy atom. The van der Waals surface area contributed by atoms with Crippen LogP contribution in [-0.4, -0.2) is 49.4 Å². The minimum absolute atomic E-state index is 0.0707. The quantitative estimate of drug-likeness (QED) is 0.558. The SMILES string of the molecule is CC(C)NC(=O)COC(=O)CNC(=O)CNC(=O)c1ccc(Cl)cc1Cl. The number of nitrogens with one attached hydrogen (secondary N) is 3. The standard InChI is InChI=1S/C16H19Cl2N3O5/c1-9(2)21-14(23)8-26-15(24)7-19-13(22)6-20-16(25)11-4-3-10(17)5-12(11)18/h3-5,9H,6-8H2,1-2H3,(H,19,22)(H,20,25)(H,21,23). The fourth-order valence-corrected chi connectivity index (χ4v) is 2.22. The first kappa shape index (κ1) is 21.7. The third-order valence-corrected chi connectivity index (χ3v) is 3.38. The van der Waals surface area contributed by atoms with Crippen molar-refractivity contribution < 1.29 is 23.9 Å². The van der Waals surface area contributed by atoms with Gasteiger partial charge in [-0.3, -0.25) is 19.2 Å². The number of halogens is 2. The summed E-state index contributed by atoms with van der Waals surface area (Å²) in [5.74, 6) is -2.38. The number of rotatable bonds is 8. The second kappa shape index (κ2) is 10.6. The third kappa shape index (κ3) is 8.17. The maximum atomic E-state index is 11.9. The topological polar surface area (TPSA) is 114 Å². The highest BCUT2D eigenvalue weighted by Gasteiger charge is 2.13. The summed E-state index contributed by atoms with van der Waals surface area (Å²) in [5.41, 5.74) is 0.166. The normalized spacial score (nSPS) is 10.2. The molecule has 3 amide bonds. The maximum Gasteiger partial charge on any atom is 0.325 e. The number of benzene rings is 1. The smallest absolute Gasteiger partial charge is 0.325 e. The van der Waals surface area contributed by atoms with E-state index < -0.39 is 36.8 Å². The van der Waals surface area contributed by atoms with Gasteiger partial charge < -0.3 is 20.7 Å². The molecule has 1 aromatic carbocycles. The highest BCUT2D eigenvalue weighted by molar-refractivity contribution is 6.36. The van der Waals surface area contributed by atoms with Gasteiger partial charge in [-0.1, -0.05) is 23.2 Å². The Balaban J connectivity index is 2.30. The first-order valence-corrected chi connectivity index (χ1v) is 8.39. The van der Waals surface area contributed by atoms with Crippen LogP contribution in [0.3, 0.4) is 0 Å². The van der Waals surface area contributed by atoms with E-state index in [9.17, 15) is 19.2 Å². The van der Waals surface area contributed by atoms with Crippen LogP contribution in [0.1, 0.15) is 24.2 Å². The molecule has 142 valence electrons. The van der Waals surface area contributed by atoms with Gasteiger partial charge in [0.25, 0.3) is 11.8 Å². The van der Waals surface area contributed by atoms with Crippen LogP contribution >= 0.6 is 23.2 Å². The van der Waals surface area contributed by atoms with E-state index in [-0.39, 0.29) is 23.2 Å². The van der Waals surface area contributed by atoms with Crippen molar-refractivity contribution in [3.63, 3.8) is 0 Å². The van der Waals surface area contributed by atoms with Gasteiger partial charge in [-0.25, -0.2) is 0 Å². The van der Waals surface area contributed by atoms with Crippen LogP contribution in [0.2, 0.25) is 10.0 Å². The van der Waals surface area contributed by atoms with Gasteiger partial charge in [0, 0.05) is 11.1 Å². The average Bonchev–Trinajstić information content (AvgIpc) is 2.55. The van der Waals surface area contributed by atoms with E-state index in [0.29, 0.717) is 5.02 Å². The molecule has 0 aliphatic rings. The van der Waals surface area contributed by atoms with E-state index in [1.165, 1.54) is 18.2 Å². The summed E-state index contributed by atoms with van der Waals surface area (Å²) < 4.78 is 4.69. The van der Waals surface area contributed by atoms with E-state index in [2.05, 4.69) is 16.0 Å². The Morgan fingerprint density at radius 3 is 2.35 bits per heavy atom. The van der Waals surface area contributed by atoms with Crippen molar-refractivity contribution in [2.45, 2.75) is 19.9 Å². The molecule has 0 unspecified atom stereocenters. The molecule has 1 aromatic rings. The lowest BCUT2D eigenvalue weighted by Gasteiger charge is -2.10. The number of carbonyl (C=O) groups excluding carboxylic acids is 4. The van der Waals surface area contributed by atoms with Gasteiger partial charge >= 0.3 is 5.97 Å². The molecule has 0 saturated carbocycles. The molecule has 0 atom stereocenters. The van der Waals surface area contributed by atoms with Gasteiger partial charge in [0.2, 0.25) is 5.91 Å². The van der Waals surface area contributed by atoms with E-state index in [1.807, 2.05) is 0 Å². The molecule has 10 heteroatoms. The van der Waals surface area contributed by atoms with Crippen molar-refractivity contribution in [2.24, 2.45) is 0 Å². The zero-order chi connectivity index (χ0) is 19.7. The lowest BCUT2D eigenvalue weighted by atomic mass is 10.2. The van der Waals surface area contributed by atoms with Crippen LogP contribution in [0.4, 0.5) is 0 Å². The van der Waals surface area contributed by atoms with Crippen LogP contribution in [0, 0.1) is 0 Å². The van der Waals surface area contributed by atoms with Crippen LogP contribution in [-0.2, 0) is 19.1 Å². The van der Waals surface area contributed by atoms with Crippen LogP contribution in [0.15, 0.2) is 18.2 Å². The summed E-state index contributed by atoms with van der Waals surface area (Å²) in [4.78, 5) is 46.3. The van der Waals surface area contributed by atoms with Gasteiger partial charge in [0.15, 0.2) is 6.61 Å². The molecular formula is C16H19Cl2N3O5. The number of esters is 1. The van der Waals surface area contributed by atoms with E-state index in [4.69, 9.17) is 27.9 Å². The van der Waals surface area contributed by atoms with E-state index in [0.717, 1.165) is 0 Å². The molecule has 0 fully saturated rings. The minimum Gasteiger partial charge on any atom is -0.454 e. The number of carbonyl (C=O) groups is 4. The van der Waals surface area contributed by atoms with Crippen LogP contribution in [0.25, 0.3) is 0 Å². The molecule has 0 heterocycles. The summed E-state index contributed by atoms with van der Waals surface area (Å²) in [6.07, 6.45) is 0. The fraction of sp³-hybridized carbons (Fsp3) is 0.375. The Kier molecular flexibility index (Phi) is 8.87. The lowest BCUT2D eigenvalue weighted by molar-refractivity contribution is -0.148.